The number of hydrogen-bond donors (Lipinski definition) is 2. The first kappa shape index (κ1) is 18.1. The van der Waals surface area contributed by atoms with Gasteiger partial charge in [-0.05, 0) is 36.4 Å². The van der Waals surface area contributed by atoms with E-state index in [1.165, 1.54) is 20.3 Å². The number of hydrazine groups is 1. The standard InChI is InChI=1S/C16H14BrClN2O4/c1-23-13-6-3-9(7-14(13)24-2)15(21)19-20-16(22)11-5-4-10(17)8-12(11)18/h3-8H,1-2H3,(H,19,21)(H,20,22). The molecule has 0 heterocycles. The van der Waals surface area contributed by atoms with E-state index >= 15 is 0 Å². The van der Waals surface area contributed by atoms with Crippen LogP contribution >= 0.6 is 27.5 Å². The van der Waals surface area contributed by atoms with E-state index in [0.29, 0.717) is 17.1 Å². The Morgan fingerprint density at radius 3 is 2.25 bits per heavy atom. The summed E-state index contributed by atoms with van der Waals surface area (Å²) in [5, 5.41) is 0.266. The van der Waals surface area contributed by atoms with Crippen molar-refractivity contribution in [2.45, 2.75) is 0 Å². The first-order valence-electron chi connectivity index (χ1n) is 6.74. The van der Waals surface area contributed by atoms with Crippen LogP contribution in [0.5, 0.6) is 11.5 Å². The number of methoxy groups -OCH3 is 2. The molecule has 0 saturated heterocycles. The normalized spacial score (nSPS) is 10.0. The smallest absolute Gasteiger partial charge is 0.271 e. The molecule has 2 N–H and O–H groups in total. The predicted molar refractivity (Wildman–Crippen MR) is 93.6 cm³/mol. The number of benzene rings is 2. The van der Waals surface area contributed by atoms with E-state index in [-0.39, 0.29) is 10.6 Å². The summed E-state index contributed by atoms with van der Waals surface area (Å²) in [6.45, 7) is 0. The highest BCUT2D eigenvalue weighted by Crippen LogP contribution is 2.27. The van der Waals surface area contributed by atoms with Crippen molar-refractivity contribution in [2.75, 3.05) is 14.2 Å². The van der Waals surface area contributed by atoms with E-state index in [4.69, 9.17) is 21.1 Å². The molecule has 0 saturated carbocycles. The van der Waals surface area contributed by atoms with Gasteiger partial charge in [-0.25, -0.2) is 0 Å². The van der Waals surface area contributed by atoms with Gasteiger partial charge in [0.2, 0.25) is 0 Å². The largest absolute Gasteiger partial charge is 0.493 e. The summed E-state index contributed by atoms with van der Waals surface area (Å²) in [4.78, 5) is 24.2. The van der Waals surface area contributed by atoms with Crippen LogP contribution in [0.15, 0.2) is 40.9 Å². The molecule has 2 aromatic carbocycles. The minimum absolute atomic E-state index is 0.243. The van der Waals surface area contributed by atoms with Crippen molar-refractivity contribution in [3.05, 3.63) is 57.0 Å². The number of hydrogen-bond acceptors (Lipinski definition) is 4. The van der Waals surface area contributed by atoms with Gasteiger partial charge in [0.05, 0.1) is 24.8 Å². The van der Waals surface area contributed by atoms with Crippen molar-refractivity contribution in [1.29, 1.82) is 0 Å². The molecular formula is C16H14BrClN2O4. The van der Waals surface area contributed by atoms with Crippen molar-refractivity contribution < 1.29 is 19.1 Å². The summed E-state index contributed by atoms with van der Waals surface area (Å²) in [5.41, 5.74) is 5.18. The van der Waals surface area contributed by atoms with Gasteiger partial charge in [0.25, 0.3) is 11.8 Å². The molecule has 2 amide bonds. The van der Waals surface area contributed by atoms with E-state index in [0.717, 1.165) is 4.47 Å². The van der Waals surface area contributed by atoms with E-state index < -0.39 is 11.8 Å². The lowest BCUT2D eigenvalue weighted by Gasteiger charge is -2.11. The lowest BCUT2D eigenvalue weighted by molar-refractivity contribution is 0.0846. The second-order valence-electron chi connectivity index (χ2n) is 4.60. The maximum absolute atomic E-state index is 12.1. The fourth-order valence-electron chi connectivity index (χ4n) is 1.90. The third-order valence-corrected chi connectivity index (χ3v) is 3.92. The number of amides is 2. The van der Waals surface area contributed by atoms with Crippen LogP contribution in [0.2, 0.25) is 5.02 Å². The van der Waals surface area contributed by atoms with Gasteiger partial charge in [-0.1, -0.05) is 27.5 Å². The lowest BCUT2D eigenvalue weighted by atomic mass is 10.2. The predicted octanol–water partition coefficient (Wildman–Crippen LogP) is 3.19. The van der Waals surface area contributed by atoms with Crippen molar-refractivity contribution in [1.82, 2.24) is 10.9 Å². The number of rotatable bonds is 4. The molecule has 0 fully saturated rings. The molecule has 2 rings (SSSR count). The van der Waals surface area contributed by atoms with Gasteiger partial charge in [0.15, 0.2) is 11.5 Å². The quantitative estimate of drug-likeness (QED) is 0.755. The van der Waals surface area contributed by atoms with E-state index in [9.17, 15) is 9.59 Å². The van der Waals surface area contributed by atoms with Gasteiger partial charge in [-0.3, -0.25) is 20.4 Å². The Labute approximate surface area is 152 Å². The molecular weight excluding hydrogens is 400 g/mol. The fourth-order valence-corrected chi connectivity index (χ4v) is 2.66. The first-order chi connectivity index (χ1) is 11.5. The second kappa shape index (κ2) is 8.03. The van der Waals surface area contributed by atoms with Gasteiger partial charge in [-0.15, -0.1) is 0 Å². The minimum atomic E-state index is -0.527. The van der Waals surface area contributed by atoms with Crippen LogP contribution in [0, 0.1) is 0 Å². The van der Waals surface area contributed by atoms with Gasteiger partial charge >= 0.3 is 0 Å². The molecule has 0 radical (unpaired) electrons. The topological polar surface area (TPSA) is 76.7 Å². The van der Waals surface area contributed by atoms with Crippen LogP contribution in [-0.2, 0) is 0 Å². The minimum Gasteiger partial charge on any atom is -0.493 e. The van der Waals surface area contributed by atoms with Crippen molar-refractivity contribution >= 4 is 39.3 Å². The summed E-state index contributed by atoms with van der Waals surface area (Å²) in [5.74, 6) is -0.119. The van der Waals surface area contributed by atoms with Gasteiger partial charge < -0.3 is 9.47 Å². The highest BCUT2D eigenvalue weighted by Gasteiger charge is 2.14. The molecule has 6 nitrogen and oxygen atoms in total. The van der Waals surface area contributed by atoms with Crippen LogP contribution in [0.1, 0.15) is 20.7 Å². The summed E-state index contributed by atoms with van der Waals surface area (Å²) < 4.78 is 11.0. The molecule has 126 valence electrons. The van der Waals surface area contributed by atoms with Crippen LogP contribution in [0.25, 0.3) is 0 Å². The Morgan fingerprint density at radius 2 is 1.62 bits per heavy atom. The van der Waals surface area contributed by atoms with Crippen molar-refractivity contribution in [3.63, 3.8) is 0 Å². The van der Waals surface area contributed by atoms with Gasteiger partial charge in [-0.2, -0.15) is 0 Å². The van der Waals surface area contributed by atoms with Crippen LogP contribution in [-0.4, -0.2) is 26.0 Å². The molecule has 2 aromatic rings. The number of carbonyl (C=O) groups is 2. The van der Waals surface area contributed by atoms with Crippen LogP contribution in [0.4, 0.5) is 0 Å². The zero-order valence-electron chi connectivity index (χ0n) is 12.9. The molecule has 0 spiro atoms. The SMILES string of the molecule is COc1ccc(C(=O)NNC(=O)c2ccc(Br)cc2Cl)cc1OC. The average molecular weight is 414 g/mol. The molecule has 0 aromatic heterocycles. The second-order valence-corrected chi connectivity index (χ2v) is 5.93. The Morgan fingerprint density at radius 1 is 0.958 bits per heavy atom. The van der Waals surface area contributed by atoms with Crippen LogP contribution < -0.4 is 20.3 Å². The Bertz CT molecular complexity index is 783. The zero-order chi connectivity index (χ0) is 17.7. The van der Waals surface area contributed by atoms with Crippen LogP contribution in [0.3, 0.4) is 0 Å². The number of halogens is 2. The monoisotopic (exact) mass is 412 g/mol. The fraction of sp³-hybridized carbons (Fsp3) is 0.125. The van der Waals surface area contributed by atoms with E-state index in [1.807, 2.05) is 0 Å². The number of carbonyl (C=O) groups excluding carboxylic acids is 2. The third-order valence-electron chi connectivity index (χ3n) is 3.11. The summed E-state index contributed by atoms with van der Waals surface area (Å²) in [7, 11) is 2.97. The van der Waals surface area contributed by atoms with Crippen molar-refractivity contribution in [3.8, 4) is 11.5 Å². The maximum Gasteiger partial charge on any atom is 0.271 e. The Hall–Kier alpha value is -2.25. The first-order valence-corrected chi connectivity index (χ1v) is 7.91. The highest BCUT2D eigenvalue weighted by molar-refractivity contribution is 9.10. The van der Waals surface area contributed by atoms with E-state index in [2.05, 4.69) is 26.8 Å². The Kier molecular flexibility index (Phi) is 6.05. The molecule has 8 heteroatoms. The zero-order valence-corrected chi connectivity index (χ0v) is 15.2. The van der Waals surface area contributed by atoms with Crippen molar-refractivity contribution in [2.24, 2.45) is 0 Å². The molecule has 0 aliphatic carbocycles. The molecule has 0 atom stereocenters. The van der Waals surface area contributed by atoms with E-state index in [1.54, 1.807) is 30.3 Å². The molecule has 0 unspecified atom stereocenters. The molecule has 0 aliphatic heterocycles. The summed E-state index contributed by atoms with van der Waals surface area (Å²) in [6, 6.07) is 9.47. The Balaban J connectivity index is 2.06. The highest BCUT2D eigenvalue weighted by atomic mass is 79.9. The molecule has 0 bridgehead atoms. The maximum atomic E-state index is 12.1. The molecule has 0 aliphatic rings. The average Bonchev–Trinajstić information content (AvgIpc) is 2.58. The van der Waals surface area contributed by atoms with Gasteiger partial charge in [0.1, 0.15) is 0 Å². The summed E-state index contributed by atoms with van der Waals surface area (Å²) >= 11 is 9.25. The van der Waals surface area contributed by atoms with Gasteiger partial charge in [0, 0.05) is 10.0 Å². The number of ether oxygens (including phenoxy) is 2. The summed E-state index contributed by atoms with van der Waals surface area (Å²) in [6.07, 6.45) is 0. The lowest BCUT2D eigenvalue weighted by Crippen LogP contribution is -2.41. The third kappa shape index (κ3) is 4.18. The number of nitrogens with one attached hydrogen (secondary N) is 2. The molecule has 24 heavy (non-hydrogen) atoms.